The molecule has 136 valence electrons. The molecule has 0 spiro atoms. The molecule has 5 nitrogen and oxygen atoms in total. The van der Waals surface area contributed by atoms with Crippen LogP contribution in [-0.2, 0) is 0 Å². The summed E-state index contributed by atoms with van der Waals surface area (Å²) in [6.45, 7) is 3.50. The van der Waals surface area contributed by atoms with E-state index in [9.17, 15) is 13.2 Å². The van der Waals surface area contributed by atoms with Gasteiger partial charge in [0.25, 0.3) is 5.78 Å². The van der Waals surface area contributed by atoms with E-state index in [0.717, 1.165) is 12.8 Å². The first-order chi connectivity index (χ1) is 12.5. The van der Waals surface area contributed by atoms with Crippen LogP contribution in [0.25, 0.3) is 16.9 Å². The third kappa shape index (κ3) is 2.78. The van der Waals surface area contributed by atoms with Crippen LogP contribution in [0.15, 0.2) is 18.5 Å². The normalized spacial score (nSPS) is 15.8. The van der Waals surface area contributed by atoms with Crippen LogP contribution in [0.3, 0.4) is 0 Å². The number of hydrogen-bond donors (Lipinski definition) is 0. The summed E-state index contributed by atoms with van der Waals surface area (Å²) in [5, 5.41) is 4.03. The second-order valence-electron chi connectivity index (χ2n) is 6.49. The first-order valence-electron chi connectivity index (χ1n) is 8.24. The maximum atomic E-state index is 14.5. The SMILES string of the molecule is CC1CCN(c2c(-c3c(F)cc(F)cc3F)c(Cl)nc3ncnn23)CC1. The zero-order valence-corrected chi connectivity index (χ0v) is 14.6. The summed E-state index contributed by atoms with van der Waals surface area (Å²) in [6, 6.07) is 1.25. The van der Waals surface area contributed by atoms with E-state index < -0.39 is 23.0 Å². The molecule has 0 amide bonds. The summed E-state index contributed by atoms with van der Waals surface area (Å²) >= 11 is 6.29. The first-order valence-corrected chi connectivity index (χ1v) is 8.62. The van der Waals surface area contributed by atoms with Crippen molar-refractivity contribution in [3.8, 4) is 11.1 Å². The van der Waals surface area contributed by atoms with Gasteiger partial charge in [-0.25, -0.2) is 13.2 Å². The molecule has 0 unspecified atom stereocenters. The van der Waals surface area contributed by atoms with Crippen molar-refractivity contribution in [3.63, 3.8) is 0 Å². The van der Waals surface area contributed by atoms with Gasteiger partial charge in [0.2, 0.25) is 0 Å². The van der Waals surface area contributed by atoms with E-state index in [0.29, 0.717) is 37.0 Å². The van der Waals surface area contributed by atoms with E-state index in [1.165, 1.54) is 10.8 Å². The average molecular weight is 382 g/mol. The molecule has 2 aromatic heterocycles. The molecule has 0 aliphatic carbocycles. The van der Waals surface area contributed by atoms with Gasteiger partial charge in [-0.2, -0.15) is 19.6 Å². The Bertz CT molecular complexity index is 959. The maximum Gasteiger partial charge on any atom is 0.255 e. The molecule has 1 aliphatic rings. The van der Waals surface area contributed by atoms with Crippen LogP contribution in [0.4, 0.5) is 19.0 Å². The van der Waals surface area contributed by atoms with Gasteiger partial charge in [0.05, 0.1) is 11.1 Å². The second kappa shape index (κ2) is 6.42. The molecule has 26 heavy (non-hydrogen) atoms. The predicted octanol–water partition coefficient (Wildman–Crippen LogP) is 4.10. The first kappa shape index (κ1) is 17.1. The lowest BCUT2D eigenvalue weighted by molar-refractivity contribution is 0.435. The van der Waals surface area contributed by atoms with E-state index >= 15 is 0 Å². The van der Waals surface area contributed by atoms with Crippen molar-refractivity contribution in [3.05, 3.63) is 41.1 Å². The number of piperidine rings is 1. The Hall–Kier alpha value is -2.35. The smallest absolute Gasteiger partial charge is 0.255 e. The molecule has 0 atom stereocenters. The summed E-state index contributed by atoms with van der Waals surface area (Å²) in [5.74, 6) is -1.89. The van der Waals surface area contributed by atoms with Gasteiger partial charge in [0.15, 0.2) is 0 Å². The topological polar surface area (TPSA) is 46.3 Å². The number of halogens is 4. The quantitative estimate of drug-likeness (QED) is 0.627. The molecular weight excluding hydrogens is 367 g/mol. The van der Waals surface area contributed by atoms with Crippen LogP contribution >= 0.6 is 11.6 Å². The van der Waals surface area contributed by atoms with Crippen LogP contribution in [0, 0.1) is 23.4 Å². The predicted molar refractivity (Wildman–Crippen MR) is 91.7 cm³/mol. The van der Waals surface area contributed by atoms with Crippen molar-refractivity contribution < 1.29 is 13.2 Å². The van der Waals surface area contributed by atoms with Gasteiger partial charge in [-0.15, -0.1) is 0 Å². The second-order valence-corrected chi connectivity index (χ2v) is 6.85. The minimum atomic E-state index is -1.04. The fourth-order valence-corrected chi connectivity index (χ4v) is 3.57. The monoisotopic (exact) mass is 381 g/mol. The molecule has 3 aromatic rings. The number of aromatic nitrogens is 4. The summed E-state index contributed by atoms with van der Waals surface area (Å²) in [7, 11) is 0. The average Bonchev–Trinajstić information content (AvgIpc) is 3.03. The molecule has 0 saturated carbocycles. The summed E-state index contributed by atoms with van der Waals surface area (Å²) in [6.07, 6.45) is 3.14. The fourth-order valence-electron chi connectivity index (χ4n) is 3.31. The highest BCUT2D eigenvalue weighted by molar-refractivity contribution is 6.33. The summed E-state index contributed by atoms with van der Waals surface area (Å²) < 4.78 is 43.7. The molecule has 1 aliphatic heterocycles. The Balaban J connectivity index is 2.00. The lowest BCUT2D eigenvalue weighted by Crippen LogP contribution is -2.35. The van der Waals surface area contributed by atoms with E-state index in [-0.39, 0.29) is 16.5 Å². The number of anilines is 1. The standard InChI is InChI=1S/C17H15ClF3N5/c1-9-2-4-25(5-3-9)16-14(13-11(20)6-10(19)7-12(13)21)15(18)24-17-22-8-23-26(16)17/h6-9H,2-5H2,1H3. The van der Waals surface area contributed by atoms with Crippen LogP contribution < -0.4 is 4.90 Å². The highest BCUT2D eigenvalue weighted by Crippen LogP contribution is 2.40. The Morgan fingerprint density at radius 2 is 1.73 bits per heavy atom. The molecular formula is C17H15ClF3N5. The molecule has 1 aromatic carbocycles. The fraction of sp³-hybridized carbons (Fsp3) is 0.353. The van der Waals surface area contributed by atoms with E-state index in [1.54, 1.807) is 0 Å². The highest BCUT2D eigenvalue weighted by Gasteiger charge is 2.28. The maximum absolute atomic E-state index is 14.5. The zero-order chi connectivity index (χ0) is 18.4. The van der Waals surface area contributed by atoms with Gasteiger partial charge >= 0.3 is 0 Å². The lowest BCUT2D eigenvalue weighted by atomic mass is 9.98. The molecule has 0 radical (unpaired) electrons. The number of hydrogen-bond acceptors (Lipinski definition) is 4. The van der Waals surface area contributed by atoms with E-state index in [4.69, 9.17) is 11.6 Å². The number of benzene rings is 1. The number of nitrogens with zero attached hydrogens (tertiary/aromatic N) is 5. The van der Waals surface area contributed by atoms with Gasteiger partial charge in [-0.3, -0.25) is 0 Å². The Morgan fingerprint density at radius 3 is 2.38 bits per heavy atom. The lowest BCUT2D eigenvalue weighted by Gasteiger charge is -2.33. The zero-order valence-electron chi connectivity index (χ0n) is 13.9. The van der Waals surface area contributed by atoms with Crippen molar-refractivity contribution in [2.75, 3.05) is 18.0 Å². The third-order valence-electron chi connectivity index (χ3n) is 4.70. The van der Waals surface area contributed by atoms with Crippen molar-refractivity contribution >= 4 is 23.2 Å². The third-order valence-corrected chi connectivity index (χ3v) is 4.97. The van der Waals surface area contributed by atoms with Crippen LogP contribution in [-0.4, -0.2) is 32.7 Å². The number of fused-ring (bicyclic) bond motifs is 1. The van der Waals surface area contributed by atoms with Gasteiger partial charge in [0, 0.05) is 25.2 Å². The summed E-state index contributed by atoms with van der Waals surface area (Å²) in [4.78, 5) is 10.1. The van der Waals surface area contributed by atoms with Gasteiger partial charge in [-0.05, 0) is 18.8 Å². The van der Waals surface area contributed by atoms with Gasteiger partial charge in [-0.1, -0.05) is 18.5 Å². The van der Waals surface area contributed by atoms with Crippen LogP contribution in [0.1, 0.15) is 19.8 Å². The van der Waals surface area contributed by atoms with Crippen molar-refractivity contribution in [1.82, 2.24) is 19.6 Å². The minimum Gasteiger partial charge on any atom is -0.356 e. The molecule has 0 N–H and O–H groups in total. The molecule has 9 heteroatoms. The van der Waals surface area contributed by atoms with E-state index in [2.05, 4.69) is 22.0 Å². The molecule has 3 heterocycles. The number of rotatable bonds is 2. The van der Waals surface area contributed by atoms with Crippen LogP contribution in [0.5, 0.6) is 0 Å². The molecule has 0 bridgehead atoms. The Kier molecular flexibility index (Phi) is 4.22. The Morgan fingerprint density at radius 1 is 1.08 bits per heavy atom. The van der Waals surface area contributed by atoms with Crippen molar-refractivity contribution in [2.45, 2.75) is 19.8 Å². The Labute approximate surface area is 152 Å². The highest BCUT2D eigenvalue weighted by atomic mass is 35.5. The summed E-state index contributed by atoms with van der Waals surface area (Å²) in [5.41, 5.74) is -0.371. The van der Waals surface area contributed by atoms with Gasteiger partial charge in [0.1, 0.15) is 34.7 Å². The van der Waals surface area contributed by atoms with Crippen molar-refractivity contribution in [2.24, 2.45) is 5.92 Å². The van der Waals surface area contributed by atoms with Gasteiger partial charge < -0.3 is 4.90 Å². The minimum absolute atomic E-state index is 0.0502. The van der Waals surface area contributed by atoms with Crippen molar-refractivity contribution in [1.29, 1.82) is 0 Å². The molecule has 1 saturated heterocycles. The van der Waals surface area contributed by atoms with Crippen LogP contribution in [0.2, 0.25) is 5.15 Å². The molecule has 4 rings (SSSR count). The van der Waals surface area contributed by atoms with E-state index in [1.807, 2.05) is 4.90 Å². The molecule has 1 fully saturated rings. The largest absolute Gasteiger partial charge is 0.356 e.